The van der Waals surface area contributed by atoms with Gasteiger partial charge in [-0.05, 0) is 57.8 Å². The Morgan fingerprint density at radius 1 is 1.19 bits per heavy atom. The average Bonchev–Trinajstić information content (AvgIpc) is 2.60. The van der Waals surface area contributed by atoms with Gasteiger partial charge < -0.3 is 9.64 Å². The van der Waals surface area contributed by atoms with Crippen LogP contribution in [0.15, 0.2) is 36.7 Å². The maximum atomic E-state index is 13.7. The quantitative estimate of drug-likeness (QED) is 0.776. The zero-order chi connectivity index (χ0) is 18.6. The van der Waals surface area contributed by atoms with Crippen LogP contribution in [0, 0.1) is 11.7 Å². The Kier molecular flexibility index (Phi) is 5.81. The molecule has 0 bridgehead atoms. The molecule has 1 aliphatic heterocycles. The molecule has 1 aliphatic rings. The summed E-state index contributed by atoms with van der Waals surface area (Å²) in [5.41, 5.74) is 0.147. The molecular weight excluding hydrogens is 336 g/mol. The van der Waals surface area contributed by atoms with Crippen molar-refractivity contribution < 1.29 is 13.5 Å². The Morgan fingerprint density at radius 2 is 1.96 bits per heavy atom. The van der Waals surface area contributed by atoms with Crippen molar-refractivity contribution in [2.75, 3.05) is 26.2 Å². The molecule has 6 heteroatoms. The van der Waals surface area contributed by atoms with Gasteiger partial charge in [-0.3, -0.25) is 0 Å². The van der Waals surface area contributed by atoms with Gasteiger partial charge in [0.25, 0.3) is 0 Å². The fraction of sp³-hybridized carbons (Fsp3) is 0.500. The van der Waals surface area contributed by atoms with Gasteiger partial charge in [-0.2, -0.15) is 0 Å². The molecule has 1 aromatic heterocycles. The maximum Gasteiger partial charge on any atom is 0.232 e. The summed E-state index contributed by atoms with van der Waals surface area (Å²) < 4.78 is 32.8. The van der Waals surface area contributed by atoms with Gasteiger partial charge in [0.1, 0.15) is 11.5 Å². The number of halogens is 2. The van der Waals surface area contributed by atoms with E-state index in [0.29, 0.717) is 36.2 Å². The van der Waals surface area contributed by atoms with E-state index in [0.717, 1.165) is 25.9 Å². The van der Waals surface area contributed by atoms with E-state index in [9.17, 15) is 8.78 Å². The van der Waals surface area contributed by atoms with Crippen LogP contribution < -0.4 is 4.74 Å². The van der Waals surface area contributed by atoms with Crippen LogP contribution in [0.25, 0.3) is 11.3 Å². The van der Waals surface area contributed by atoms with Crippen LogP contribution in [0.3, 0.4) is 0 Å². The van der Waals surface area contributed by atoms with Crippen molar-refractivity contribution in [1.29, 1.82) is 0 Å². The molecule has 1 fully saturated rings. The minimum Gasteiger partial charge on any atom is -0.476 e. The minimum absolute atomic E-state index is 0.299. The number of nitrogens with zero attached hydrogens (tertiary/aromatic N) is 3. The van der Waals surface area contributed by atoms with E-state index in [1.165, 1.54) is 12.1 Å². The van der Waals surface area contributed by atoms with E-state index < -0.39 is 5.67 Å². The van der Waals surface area contributed by atoms with E-state index in [4.69, 9.17) is 4.74 Å². The van der Waals surface area contributed by atoms with Crippen molar-refractivity contribution in [3.63, 3.8) is 0 Å². The number of aromatic nitrogens is 2. The normalized spacial score (nSPS) is 16.6. The third-order valence-electron chi connectivity index (χ3n) is 4.52. The minimum atomic E-state index is -1.15. The largest absolute Gasteiger partial charge is 0.476 e. The van der Waals surface area contributed by atoms with Crippen molar-refractivity contribution in [1.82, 2.24) is 14.9 Å². The van der Waals surface area contributed by atoms with Gasteiger partial charge in [-0.1, -0.05) is 12.1 Å². The van der Waals surface area contributed by atoms with E-state index in [-0.39, 0.29) is 5.82 Å². The summed E-state index contributed by atoms with van der Waals surface area (Å²) in [6.07, 6.45) is 5.15. The van der Waals surface area contributed by atoms with Crippen molar-refractivity contribution in [3.05, 3.63) is 42.5 Å². The monoisotopic (exact) mass is 361 g/mol. The number of hydrogen-bond acceptors (Lipinski definition) is 4. The summed E-state index contributed by atoms with van der Waals surface area (Å²) in [6.45, 7) is 6.09. The van der Waals surface area contributed by atoms with Crippen LogP contribution in [0.5, 0.6) is 5.88 Å². The topological polar surface area (TPSA) is 38.2 Å². The zero-order valence-electron chi connectivity index (χ0n) is 15.3. The second-order valence-electron chi connectivity index (χ2n) is 7.50. The second kappa shape index (κ2) is 8.08. The van der Waals surface area contributed by atoms with Crippen LogP contribution in [0.2, 0.25) is 0 Å². The van der Waals surface area contributed by atoms with E-state index >= 15 is 0 Å². The standard InChI is InChI=1S/C20H25F2N3O/c1-20(2,22)14-25-8-6-15(7-9-25)13-26-19-12-23-18(11-24-19)16-4-3-5-17(21)10-16/h3-5,10-12,15H,6-9,13-14H2,1-2H3. The molecule has 1 saturated heterocycles. The highest BCUT2D eigenvalue weighted by Gasteiger charge is 2.25. The molecule has 0 radical (unpaired) electrons. The molecule has 2 heterocycles. The first kappa shape index (κ1) is 18.7. The summed E-state index contributed by atoms with van der Waals surface area (Å²) in [4.78, 5) is 10.7. The fourth-order valence-corrected chi connectivity index (χ4v) is 3.23. The number of hydrogen-bond donors (Lipinski definition) is 0. The molecule has 2 aromatic rings. The predicted octanol–water partition coefficient (Wildman–Crippen LogP) is 4.12. The SMILES string of the molecule is CC(C)(F)CN1CCC(COc2cnc(-c3cccc(F)c3)cn2)CC1. The van der Waals surface area contributed by atoms with Gasteiger partial charge in [0.2, 0.25) is 5.88 Å². The lowest BCUT2D eigenvalue weighted by atomic mass is 9.97. The van der Waals surface area contributed by atoms with Crippen molar-refractivity contribution in [3.8, 4) is 17.1 Å². The molecule has 0 unspecified atom stereocenters. The second-order valence-corrected chi connectivity index (χ2v) is 7.50. The van der Waals surface area contributed by atoms with Gasteiger partial charge in [0.15, 0.2) is 0 Å². The molecule has 3 rings (SSSR count). The number of piperidine rings is 1. The lowest BCUT2D eigenvalue weighted by molar-refractivity contribution is 0.0829. The molecule has 0 spiro atoms. The van der Waals surface area contributed by atoms with E-state index in [2.05, 4.69) is 14.9 Å². The summed E-state index contributed by atoms with van der Waals surface area (Å²) >= 11 is 0. The van der Waals surface area contributed by atoms with Crippen LogP contribution in [0.4, 0.5) is 8.78 Å². The van der Waals surface area contributed by atoms with Gasteiger partial charge in [0, 0.05) is 12.1 Å². The highest BCUT2D eigenvalue weighted by Crippen LogP contribution is 2.22. The van der Waals surface area contributed by atoms with Crippen LogP contribution >= 0.6 is 0 Å². The third-order valence-corrected chi connectivity index (χ3v) is 4.52. The summed E-state index contributed by atoms with van der Waals surface area (Å²) in [7, 11) is 0. The van der Waals surface area contributed by atoms with E-state index in [1.807, 2.05) is 0 Å². The fourth-order valence-electron chi connectivity index (χ4n) is 3.23. The molecule has 0 aliphatic carbocycles. The highest BCUT2D eigenvalue weighted by atomic mass is 19.1. The van der Waals surface area contributed by atoms with Crippen molar-refractivity contribution in [2.45, 2.75) is 32.4 Å². The van der Waals surface area contributed by atoms with Crippen LogP contribution in [0.1, 0.15) is 26.7 Å². The van der Waals surface area contributed by atoms with Gasteiger partial charge in [0.05, 0.1) is 24.7 Å². The number of ether oxygens (including phenoxy) is 1. The van der Waals surface area contributed by atoms with E-state index in [1.54, 1.807) is 38.4 Å². The van der Waals surface area contributed by atoms with Gasteiger partial charge in [-0.25, -0.2) is 18.7 Å². The Labute approximate surface area is 153 Å². The van der Waals surface area contributed by atoms with Crippen LogP contribution in [-0.4, -0.2) is 46.8 Å². The summed E-state index contributed by atoms with van der Waals surface area (Å²) in [6, 6.07) is 6.26. The van der Waals surface area contributed by atoms with Gasteiger partial charge in [-0.15, -0.1) is 0 Å². The maximum absolute atomic E-state index is 13.7. The third kappa shape index (κ3) is 5.46. The number of benzene rings is 1. The smallest absolute Gasteiger partial charge is 0.232 e. The highest BCUT2D eigenvalue weighted by molar-refractivity contribution is 5.57. The molecule has 26 heavy (non-hydrogen) atoms. The lowest BCUT2D eigenvalue weighted by Gasteiger charge is -2.34. The summed E-state index contributed by atoms with van der Waals surface area (Å²) in [5, 5.41) is 0. The number of likely N-dealkylation sites (tertiary alicyclic amines) is 1. The molecule has 140 valence electrons. The van der Waals surface area contributed by atoms with Crippen molar-refractivity contribution in [2.24, 2.45) is 5.92 Å². The first-order valence-corrected chi connectivity index (χ1v) is 9.01. The Morgan fingerprint density at radius 3 is 2.58 bits per heavy atom. The Balaban J connectivity index is 1.47. The molecule has 0 amide bonds. The number of alkyl halides is 1. The number of rotatable bonds is 6. The lowest BCUT2D eigenvalue weighted by Crippen LogP contribution is -2.41. The average molecular weight is 361 g/mol. The summed E-state index contributed by atoms with van der Waals surface area (Å²) in [5.74, 6) is 0.614. The first-order valence-electron chi connectivity index (χ1n) is 9.01. The zero-order valence-corrected chi connectivity index (χ0v) is 15.3. The van der Waals surface area contributed by atoms with Gasteiger partial charge >= 0.3 is 0 Å². The molecule has 0 N–H and O–H groups in total. The molecule has 1 aromatic carbocycles. The Hall–Kier alpha value is -2.08. The Bertz CT molecular complexity index is 708. The molecular formula is C20H25F2N3O. The van der Waals surface area contributed by atoms with Crippen molar-refractivity contribution >= 4 is 0 Å². The molecule has 0 atom stereocenters. The van der Waals surface area contributed by atoms with Crippen LogP contribution in [-0.2, 0) is 0 Å². The molecule has 0 saturated carbocycles. The first-order chi connectivity index (χ1) is 12.4. The molecule has 4 nitrogen and oxygen atoms in total. The predicted molar refractivity (Wildman–Crippen MR) is 97.3 cm³/mol.